The molecule has 0 heterocycles. The van der Waals surface area contributed by atoms with Gasteiger partial charge in [0.05, 0.1) is 12.2 Å². The normalized spacial score (nSPS) is 14.0. The van der Waals surface area contributed by atoms with E-state index in [1.807, 2.05) is 27.7 Å². The van der Waals surface area contributed by atoms with Gasteiger partial charge in [0.15, 0.2) is 0 Å². The molecular weight excluding hydrogens is 256 g/mol. The van der Waals surface area contributed by atoms with Crippen LogP contribution in [-0.2, 0) is 9.47 Å². The average molecular weight is 280 g/mol. The van der Waals surface area contributed by atoms with Gasteiger partial charge in [0.2, 0.25) is 0 Å². The molecule has 1 rings (SSSR count). The van der Waals surface area contributed by atoms with Crippen molar-refractivity contribution in [1.29, 1.82) is 0 Å². The zero-order valence-electron chi connectivity index (χ0n) is 12.6. The first-order valence-corrected chi connectivity index (χ1v) is 6.92. The van der Waals surface area contributed by atoms with Gasteiger partial charge in [-0.15, -0.1) is 0 Å². The van der Waals surface area contributed by atoms with Crippen molar-refractivity contribution in [1.82, 2.24) is 0 Å². The highest BCUT2D eigenvalue weighted by atomic mass is 16.5. The second kappa shape index (κ2) is 7.31. The van der Waals surface area contributed by atoms with Crippen LogP contribution in [0, 0.1) is 0 Å². The van der Waals surface area contributed by atoms with E-state index in [9.17, 15) is 10.2 Å². The summed E-state index contributed by atoms with van der Waals surface area (Å²) in [5, 5.41) is 20.6. The predicted molar refractivity (Wildman–Crippen MR) is 79.9 cm³/mol. The van der Waals surface area contributed by atoms with E-state index < -0.39 is 0 Å². The lowest BCUT2D eigenvalue weighted by Gasteiger charge is -2.22. The molecule has 0 radical (unpaired) electrons. The Bertz CT molecular complexity index is 468. The topological polar surface area (TPSA) is 58.9 Å². The summed E-state index contributed by atoms with van der Waals surface area (Å²) < 4.78 is 11.0. The first-order chi connectivity index (χ1) is 9.47. The second-order valence-electron chi connectivity index (χ2n) is 4.56. The van der Waals surface area contributed by atoms with Crippen LogP contribution >= 0.6 is 0 Å². The summed E-state index contributed by atoms with van der Waals surface area (Å²) in [7, 11) is 0. The fourth-order valence-electron chi connectivity index (χ4n) is 2.32. The van der Waals surface area contributed by atoms with Crippen molar-refractivity contribution < 1.29 is 19.7 Å². The Balaban J connectivity index is 3.41. The summed E-state index contributed by atoms with van der Waals surface area (Å²) >= 11 is 0. The average Bonchev–Trinajstić information content (AvgIpc) is 2.40. The van der Waals surface area contributed by atoms with E-state index >= 15 is 0 Å². The Morgan fingerprint density at radius 3 is 2.20 bits per heavy atom. The van der Waals surface area contributed by atoms with E-state index in [1.165, 1.54) is 12.1 Å². The molecule has 1 aromatic carbocycles. The Hall–Kier alpha value is -1.52. The molecule has 0 fully saturated rings. The third kappa shape index (κ3) is 3.32. The molecule has 0 aliphatic heterocycles. The van der Waals surface area contributed by atoms with Crippen LogP contribution in [0.3, 0.4) is 0 Å². The summed E-state index contributed by atoms with van der Waals surface area (Å²) in [6.45, 7) is 12.2. The molecule has 20 heavy (non-hydrogen) atoms. The molecular formula is C16H24O4. The Morgan fingerprint density at radius 2 is 1.70 bits per heavy atom. The number of benzene rings is 1. The van der Waals surface area contributed by atoms with Gasteiger partial charge < -0.3 is 19.7 Å². The zero-order chi connectivity index (χ0) is 15.3. The van der Waals surface area contributed by atoms with Crippen molar-refractivity contribution in [3.63, 3.8) is 0 Å². The highest BCUT2D eigenvalue weighted by Crippen LogP contribution is 2.41. The lowest BCUT2D eigenvalue weighted by molar-refractivity contribution is 0.0679. The summed E-state index contributed by atoms with van der Waals surface area (Å²) in [5.74, 6) is 0.167. The fraction of sp³-hybridized carbons (Fsp3) is 0.500. The van der Waals surface area contributed by atoms with Gasteiger partial charge in [-0.05, 0) is 33.8 Å². The van der Waals surface area contributed by atoms with Crippen molar-refractivity contribution >= 4 is 6.08 Å². The predicted octanol–water partition coefficient (Wildman–Crippen LogP) is 3.94. The zero-order valence-corrected chi connectivity index (χ0v) is 12.6. The highest BCUT2D eigenvalue weighted by Gasteiger charge is 2.23. The van der Waals surface area contributed by atoms with Crippen LogP contribution in [0.2, 0.25) is 0 Å². The van der Waals surface area contributed by atoms with E-state index in [2.05, 4.69) is 6.58 Å². The van der Waals surface area contributed by atoms with Gasteiger partial charge in [-0.25, -0.2) is 0 Å². The number of ether oxygens (including phenoxy) is 2. The van der Waals surface area contributed by atoms with Crippen LogP contribution in [0.15, 0.2) is 12.6 Å². The van der Waals surface area contributed by atoms with Gasteiger partial charge in [0.25, 0.3) is 0 Å². The highest BCUT2D eigenvalue weighted by molar-refractivity contribution is 5.66. The molecule has 0 aliphatic carbocycles. The molecule has 0 saturated carbocycles. The van der Waals surface area contributed by atoms with Gasteiger partial charge in [-0.3, -0.25) is 0 Å². The Kier molecular flexibility index (Phi) is 6.05. The van der Waals surface area contributed by atoms with Crippen molar-refractivity contribution in [2.75, 3.05) is 13.2 Å². The minimum atomic E-state index is -0.340. The van der Waals surface area contributed by atoms with Crippen LogP contribution in [0.5, 0.6) is 11.5 Å². The number of hydrogen-bond donors (Lipinski definition) is 2. The third-order valence-corrected chi connectivity index (χ3v) is 3.27. The van der Waals surface area contributed by atoms with E-state index in [0.29, 0.717) is 29.9 Å². The minimum absolute atomic E-state index is 0.0703. The molecule has 0 spiro atoms. The van der Waals surface area contributed by atoms with Crippen molar-refractivity contribution in [2.24, 2.45) is 0 Å². The maximum atomic E-state index is 10.5. The van der Waals surface area contributed by atoms with Gasteiger partial charge in [0.1, 0.15) is 11.5 Å². The number of rotatable bonds is 7. The Labute approximate surface area is 120 Å². The molecule has 4 nitrogen and oxygen atoms in total. The maximum absolute atomic E-state index is 10.5. The first kappa shape index (κ1) is 16.5. The van der Waals surface area contributed by atoms with Crippen molar-refractivity contribution in [3.05, 3.63) is 29.3 Å². The molecule has 1 aromatic rings. The molecule has 2 N–H and O–H groups in total. The second-order valence-corrected chi connectivity index (χ2v) is 4.56. The summed E-state index contributed by atoms with van der Waals surface area (Å²) in [6, 6.07) is 1.52. The van der Waals surface area contributed by atoms with E-state index in [0.717, 1.165) is 0 Å². The SMILES string of the molecule is C=Cc1c(O)cc(C(C)OCC)c(O)c1C(C)OCC. The van der Waals surface area contributed by atoms with Crippen LogP contribution in [-0.4, -0.2) is 23.4 Å². The largest absolute Gasteiger partial charge is 0.507 e. The molecule has 0 saturated heterocycles. The molecule has 4 heteroatoms. The lowest BCUT2D eigenvalue weighted by Crippen LogP contribution is -2.07. The van der Waals surface area contributed by atoms with E-state index in [1.54, 1.807) is 0 Å². The molecule has 0 aliphatic rings. The lowest BCUT2D eigenvalue weighted by atomic mass is 9.95. The number of phenols is 2. The van der Waals surface area contributed by atoms with Crippen LogP contribution in [0.1, 0.15) is 56.6 Å². The maximum Gasteiger partial charge on any atom is 0.128 e. The number of phenolic OH excluding ortho intramolecular Hbond substituents is 2. The molecule has 2 unspecified atom stereocenters. The van der Waals surface area contributed by atoms with E-state index in [-0.39, 0.29) is 23.7 Å². The quantitative estimate of drug-likeness (QED) is 0.743. The van der Waals surface area contributed by atoms with Crippen LogP contribution < -0.4 is 0 Å². The fourth-order valence-corrected chi connectivity index (χ4v) is 2.32. The minimum Gasteiger partial charge on any atom is -0.507 e. The summed E-state index contributed by atoms with van der Waals surface area (Å²) in [5.41, 5.74) is 1.59. The van der Waals surface area contributed by atoms with Gasteiger partial charge in [0, 0.05) is 29.9 Å². The third-order valence-electron chi connectivity index (χ3n) is 3.27. The molecule has 0 aromatic heterocycles. The first-order valence-electron chi connectivity index (χ1n) is 6.92. The molecule has 0 bridgehead atoms. The van der Waals surface area contributed by atoms with Gasteiger partial charge in [-0.1, -0.05) is 12.7 Å². The standard InChI is InChI=1S/C16H24O4/c1-6-12-14(17)9-13(10(4)19-7-2)16(18)15(12)11(5)20-8-3/h6,9-11,17-18H,1,7-8H2,2-5H3. The summed E-state index contributed by atoms with van der Waals surface area (Å²) in [4.78, 5) is 0. The van der Waals surface area contributed by atoms with Gasteiger partial charge in [-0.2, -0.15) is 0 Å². The van der Waals surface area contributed by atoms with Crippen LogP contribution in [0.4, 0.5) is 0 Å². The van der Waals surface area contributed by atoms with Gasteiger partial charge >= 0.3 is 0 Å². The summed E-state index contributed by atoms with van der Waals surface area (Å²) in [6.07, 6.45) is 0.875. The van der Waals surface area contributed by atoms with E-state index in [4.69, 9.17) is 9.47 Å². The number of hydrogen-bond acceptors (Lipinski definition) is 4. The van der Waals surface area contributed by atoms with Crippen molar-refractivity contribution in [2.45, 2.75) is 39.9 Å². The smallest absolute Gasteiger partial charge is 0.128 e. The monoisotopic (exact) mass is 280 g/mol. The molecule has 112 valence electrons. The number of aromatic hydroxyl groups is 2. The van der Waals surface area contributed by atoms with Crippen LogP contribution in [0.25, 0.3) is 6.08 Å². The molecule has 0 amide bonds. The molecule has 2 atom stereocenters. The van der Waals surface area contributed by atoms with Crippen molar-refractivity contribution in [3.8, 4) is 11.5 Å². The Morgan fingerprint density at radius 1 is 1.15 bits per heavy atom.